The molecule has 1 aliphatic heterocycles. The quantitative estimate of drug-likeness (QED) is 0.857. The van der Waals surface area contributed by atoms with E-state index >= 15 is 0 Å². The summed E-state index contributed by atoms with van der Waals surface area (Å²) in [7, 11) is 2.06. The van der Waals surface area contributed by atoms with E-state index in [1.807, 2.05) is 12.1 Å². The van der Waals surface area contributed by atoms with Crippen LogP contribution in [0.1, 0.15) is 37.4 Å². The van der Waals surface area contributed by atoms with E-state index in [2.05, 4.69) is 11.9 Å². The Morgan fingerprint density at radius 2 is 2.19 bits per heavy atom. The zero-order chi connectivity index (χ0) is 15.2. The van der Waals surface area contributed by atoms with Gasteiger partial charge in [-0.25, -0.2) is 0 Å². The highest BCUT2D eigenvalue weighted by atomic mass is 35.5. The first-order chi connectivity index (χ1) is 10.1. The summed E-state index contributed by atoms with van der Waals surface area (Å²) in [5.74, 6) is 0. The Balaban J connectivity index is 1.80. The highest BCUT2D eigenvalue weighted by molar-refractivity contribution is 6.42. The van der Waals surface area contributed by atoms with Crippen LogP contribution in [0.15, 0.2) is 18.2 Å². The van der Waals surface area contributed by atoms with Gasteiger partial charge in [0.2, 0.25) is 0 Å². The molecule has 2 unspecified atom stereocenters. The molecule has 0 radical (unpaired) electrons. The lowest BCUT2D eigenvalue weighted by Crippen LogP contribution is -2.34. The van der Waals surface area contributed by atoms with E-state index in [0.717, 1.165) is 26.1 Å². The Labute approximate surface area is 136 Å². The van der Waals surface area contributed by atoms with Crippen LogP contribution in [0.4, 0.5) is 0 Å². The van der Waals surface area contributed by atoms with E-state index in [4.69, 9.17) is 27.9 Å². The van der Waals surface area contributed by atoms with Crippen LogP contribution in [0.5, 0.6) is 0 Å². The van der Waals surface area contributed by atoms with E-state index in [1.54, 1.807) is 6.07 Å². The standard InChI is InChI=1S/C16H23Cl2NO2/c1-19(11-12-5-2-3-10-21-12)9-8-15(20)13-6-4-7-14(17)16(13)18/h4,6-7,12,15,20H,2-3,5,8-11H2,1H3. The third-order valence-corrected chi connectivity index (χ3v) is 4.75. The lowest BCUT2D eigenvalue weighted by Gasteiger charge is -2.28. The fourth-order valence-corrected chi connectivity index (χ4v) is 3.10. The fraction of sp³-hybridized carbons (Fsp3) is 0.625. The third kappa shape index (κ3) is 5.11. The van der Waals surface area contributed by atoms with E-state index in [1.165, 1.54) is 12.8 Å². The number of aliphatic hydroxyl groups excluding tert-OH is 1. The van der Waals surface area contributed by atoms with Gasteiger partial charge < -0.3 is 14.7 Å². The Morgan fingerprint density at radius 3 is 2.90 bits per heavy atom. The second-order valence-corrected chi connectivity index (χ2v) is 6.48. The van der Waals surface area contributed by atoms with Gasteiger partial charge in [0.05, 0.1) is 22.3 Å². The molecule has 1 aromatic carbocycles. The number of benzene rings is 1. The smallest absolute Gasteiger partial charge is 0.0817 e. The average molecular weight is 332 g/mol. The third-order valence-electron chi connectivity index (χ3n) is 3.91. The molecule has 2 rings (SSSR count). The number of ether oxygens (including phenoxy) is 1. The lowest BCUT2D eigenvalue weighted by atomic mass is 10.1. The molecule has 0 aromatic heterocycles. The molecule has 0 amide bonds. The zero-order valence-electron chi connectivity index (χ0n) is 12.4. The zero-order valence-corrected chi connectivity index (χ0v) is 13.9. The number of nitrogens with zero attached hydrogens (tertiary/aromatic N) is 1. The van der Waals surface area contributed by atoms with Crippen molar-refractivity contribution in [1.82, 2.24) is 4.90 Å². The first kappa shape index (κ1) is 17.0. The van der Waals surface area contributed by atoms with Crippen LogP contribution >= 0.6 is 23.2 Å². The van der Waals surface area contributed by atoms with Gasteiger partial charge in [-0.2, -0.15) is 0 Å². The summed E-state index contributed by atoms with van der Waals surface area (Å²) in [5, 5.41) is 11.2. The number of hydrogen-bond acceptors (Lipinski definition) is 3. The predicted octanol–water partition coefficient (Wildman–Crippen LogP) is 3.92. The second-order valence-electron chi connectivity index (χ2n) is 5.70. The summed E-state index contributed by atoms with van der Waals surface area (Å²) in [6.45, 7) is 2.58. The van der Waals surface area contributed by atoms with Gasteiger partial charge in [-0.1, -0.05) is 35.3 Å². The number of halogens is 2. The molecule has 1 fully saturated rings. The number of likely N-dealkylation sites (N-methyl/N-ethyl adjacent to an activating group) is 1. The lowest BCUT2D eigenvalue weighted by molar-refractivity contribution is -0.00327. The largest absolute Gasteiger partial charge is 0.388 e. The van der Waals surface area contributed by atoms with E-state index in [9.17, 15) is 5.11 Å². The van der Waals surface area contributed by atoms with Gasteiger partial charge >= 0.3 is 0 Å². The van der Waals surface area contributed by atoms with Gasteiger partial charge in [-0.3, -0.25) is 0 Å². The van der Waals surface area contributed by atoms with Crippen LogP contribution < -0.4 is 0 Å². The second kappa shape index (κ2) is 8.35. The molecule has 1 aliphatic rings. The Kier molecular flexibility index (Phi) is 6.77. The molecule has 0 bridgehead atoms. The minimum atomic E-state index is -0.592. The molecule has 1 aromatic rings. The summed E-state index contributed by atoms with van der Waals surface area (Å²) in [6.07, 6.45) is 3.92. The molecule has 2 atom stereocenters. The Bertz CT molecular complexity index is 450. The van der Waals surface area contributed by atoms with Crippen molar-refractivity contribution in [3.8, 4) is 0 Å². The van der Waals surface area contributed by atoms with Crippen LogP contribution in [0, 0.1) is 0 Å². The monoisotopic (exact) mass is 331 g/mol. The van der Waals surface area contributed by atoms with Gasteiger partial charge in [0.25, 0.3) is 0 Å². The summed E-state index contributed by atoms with van der Waals surface area (Å²) < 4.78 is 5.73. The minimum absolute atomic E-state index is 0.329. The van der Waals surface area contributed by atoms with Crippen LogP contribution in [0.3, 0.4) is 0 Å². The first-order valence-corrected chi connectivity index (χ1v) is 8.25. The minimum Gasteiger partial charge on any atom is -0.388 e. The number of rotatable bonds is 6. The molecule has 1 saturated heterocycles. The van der Waals surface area contributed by atoms with Gasteiger partial charge in [0.1, 0.15) is 0 Å². The number of aliphatic hydroxyl groups is 1. The van der Waals surface area contributed by atoms with Crippen molar-refractivity contribution < 1.29 is 9.84 Å². The maximum absolute atomic E-state index is 10.3. The van der Waals surface area contributed by atoms with Gasteiger partial charge in [-0.15, -0.1) is 0 Å². The van der Waals surface area contributed by atoms with Crippen LogP contribution in [0.25, 0.3) is 0 Å². The molecular formula is C16H23Cl2NO2. The van der Waals surface area contributed by atoms with Crippen molar-refractivity contribution in [2.45, 2.75) is 37.9 Å². The maximum Gasteiger partial charge on any atom is 0.0817 e. The summed E-state index contributed by atoms with van der Waals surface area (Å²) >= 11 is 12.1. The van der Waals surface area contributed by atoms with Crippen molar-refractivity contribution in [3.63, 3.8) is 0 Å². The van der Waals surface area contributed by atoms with Crippen molar-refractivity contribution in [3.05, 3.63) is 33.8 Å². The Hall–Kier alpha value is -0.320. The van der Waals surface area contributed by atoms with Crippen LogP contribution in [0.2, 0.25) is 10.0 Å². The average Bonchev–Trinajstić information content (AvgIpc) is 2.48. The van der Waals surface area contributed by atoms with Crippen molar-refractivity contribution in [1.29, 1.82) is 0 Å². The summed E-state index contributed by atoms with van der Waals surface area (Å²) in [6, 6.07) is 5.36. The highest BCUT2D eigenvalue weighted by Crippen LogP contribution is 2.31. The van der Waals surface area contributed by atoms with Crippen LogP contribution in [-0.4, -0.2) is 42.9 Å². The number of hydrogen-bond donors (Lipinski definition) is 1. The van der Waals surface area contributed by atoms with E-state index in [0.29, 0.717) is 28.1 Å². The molecule has 3 nitrogen and oxygen atoms in total. The van der Waals surface area contributed by atoms with Gasteiger partial charge in [0.15, 0.2) is 0 Å². The molecule has 21 heavy (non-hydrogen) atoms. The molecular weight excluding hydrogens is 309 g/mol. The topological polar surface area (TPSA) is 32.7 Å². The van der Waals surface area contributed by atoms with Crippen molar-refractivity contribution in [2.75, 3.05) is 26.7 Å². The highest BCUT2D eigenvalue weighted by Gasteiger charge is 2.18. The summed E-state index contributed by atoms with van der Waals surface area (Å²) in [5.41, 5.74) is 0.700. The molecule has 118 valence electrons. The molecule has 0 spiro atoms. The first-order valence-electron chi connectivity index (χ1n) is 7.50. The van der Waals surface area contributed by atoms with Crippen molar-refractivity contribution >= 4 is 23.2 Å². The predicted molar refractivity (Wildman–Crippen MR) is 87.1 cm³/mol. The molecule has 0 saturated carbocycles. The van der Waals surface area contributed by atoms with Crippen LogP contribution in [-0.2, 0) is 4.74 Å². The normalized spacial score (nSPS) is 20.7. The molecule has 0 aliphatic carbocycles. The van der Waals surface area contributed by atoms with Crippen molar-refractivity contribution in [2.24, 2.45) is 0 Å². The van der Waals surface area contributed by atoms with Gasteiger partial charge in [0, 0.05) is 25.3 Å². The SMILES string of the molecule is CN(CCC(O)c1cccc(Cl)c1Cl)CC1CCCCO1. The molecule has 1 N–H and O–H groups in total. The Morgan fingerprint density at radius 1 is 1.38 bits per heavy atom. The van der Waals surface area contributed by atoms with E-state index < -0.39 is 6.10 Å². The molecule has 5 heteroatoms. The van der Waals surface area contributed by atoms with E-state index in [-0.39, 0.29) is 0 Å². The maximum atomic E-state index is 10.3. The fourth-order valence-electron chi connectivity index (χ4n) is 2.67. The molecule has 1 heterocycles. The summed E-state index contributed by atoms with van der Waals surface area (Å²) in [4.78, 5) is 2.21. The van der Waals surface area contributed by atoms with Gasteiger partial charge in [-0.05, 0) is 38.8 Å².